The number of phenols is 1. The number of non-ortho nitro benzene ring substituents is 1. The van der Waals surface area contributed by atoms with Crippen LogP contribution in [0.5, 0.6) is 5.75 Å². The van der Waals surface area contributed by atoms with E-state index < -0.39 is 4.92 Å². The lowest BCUT2D eigenvalue weighted by Crippen LogP contribution is -2.40. The zero-order valence-electron chi connectivity index (χ0n) is 10.9. The van der Waals surface area contributed by atoms with Gasteiger partial charge in [0.05, 0.1) is 16.5 Å². The second kappa shape index (κ2) is 5.87. The number of nitrogens with zero attached hydrogens (tertiary/aromatic N) is 1. The predicted octanol–water partition coefficient (Wildman–Crippen LogP) is 1.76. The molecule has 0 saturated heterocycles. The Morgan fingerprint density at radius 2 is 2.10 bits per heavy atom. The molecule has 108 valence electrons. The van der Waals surface area contributed by atoms with Crippen LogP contribution in [-0.4, -0.2) is 22.0 Å². The summed E-state index contributed by atoms with van der Waals surface area (Å²) in [6.07, 6.45) is 3.43. The summed E-state index contributed by atoms with van der Waals surface area (Å²) in [5.41, 5.74) is 5.77. The van der Waals surface area contributed by atoms with Crippen LogP contribution in [-0.2, 0) is 4.79 Å². The zero-order valence-corrected chi connectivity index (χ0v) is 10.9. The van der Waals surface area contributed by atoms with Gasteiger partial charge in [0, 0.05) is 18.2 Å². The molecule has 1 aromatic rings. The number of nitrogens with two attached hydrogens (primary N) is 1. The van der Waals surface area contributed by atoms with Gasteiger partial charge in [0.15, 0.2) is 0 Å². The lowest BCUT2D eigenvalue weighted by molar-refractivity contribution is -0.384. The van der Waals surface area contributed by atoms with Crippen molar-refractivity contribution >= 4 is 17.3 Å². The van der Waals surface area contributed by atoms with E-state index >= 15 is 0 Å². The Hall–Kier alpha value is -2.15. The van der Waals surface area contributed by atoms with Gasteiger partial charge in [-0.1, -0.05) is 12.8 Å². The number of nitro benzene ring substituents is 1. The molecule has 7 nitrogen and oxygen atoms in total. The summed E-state index contributed by atoms with van der Waals surface area (Å²) in [5, 5.41) is 22.9. The maximum atomic E-state index is 12.1. The highest BCUT2D eigenvalue weighted by molar-refractivity contribution is 5.94. The van der Waals surface area contributed by atoms with Crippen molar-refractivity contribution in [1.29, 1.82) is 0 Å². The number of hydrogen-bond acceptors (Lipinski definition) is 5. The van der Waals surface area contributed by atoms with Crippen LogP contribution >= 0.6 is 0 Å². The van der Waals surface area contributed by atoms with E-state index in [2.05, 4.69) is 5.32 Å². The van der Waals surface area contributed by atoms with Crippen molar-refractivity contribution in [2.24, 2.45) is 11.7 Å². The highest BCUT2D eigenvalue weighted by Gasteiger charge is 2.28. The number of anilines is 1. The molecule has 4 N–H and O–H groups in total. The summed E-state index contributed by atoms with van der Waals surface area (Å²) in [6.45, 7) is 0. The van der Waals surface area contributed by atoms with E-state index in [9.17, 15) is 20.0 Å². The average molecular weight is 279 g/mol. The quantitative estimate of drug-likeness (QED) is 0.442. The number of nitro groups is 1. The van der Waals surface area contributed by atoms with Gasteiger partial charge >= 0.3 is 0 Å². The highest BCUT2D eigenvalue weighted by atomic mass is 16.6. The Kier molecular flexibility index (Phi) is 4.19. The first-order valence-electron chi connectivity index (χ1n) is 6.53. The molecule has 2 unspecified atom stereocenters. The lowest BCUT2D eigenvalue weighted by Gasteiger charge is -2.27. The first-order valence-corrected chi connectivity index (χ1v) is 6.53. The van der Waals surface area contributed by atoms with Crippen LogP contribution in [0.25, 0.3) is 0 Å². The largest absolute Gasteiger partial charge is 0.506 e. The van der Waals surface area contributed by atoms with Crippen molar-refractivity contribution in [3.8, 4) is 5.75 Å². The van der Waals surface area contributed by atoms with Crippen LogP contribution in [0.1, 0.15) is 25.7 Å². The smallest absolute Gasteiger partial charge is 0.271 e. The van der Waals surface area contributed by atoms with E-state index in [1.54, 1.807) is 0 Å². The fraction of sp³-hybridized carbons (Fsp3) is 0.462. The van der Waals surface area contributed by atoms with Crippen molar-refractivity contribution < 1.29 is 14.8 Å². The molecule has 0 heterocycles. The van der Waals surface area contributed by atoms with Gasteiger partial charge in [0.1, 0.15) is 5.75 Å². The fourth-order valence-corrected chi connectivity index (χ4v) is 2.45. The monoisotopic (exact) mass is 279 g/mol. The Balaban J connectivity index is 2.14. The van der Waals surface area contributed by atoms with E-state index in [4.69, 9.17) is 5.73 Å². The van der Waals surface area contributed by atoms with Crippen molar-refractivity contribution in [3.63, 3.8) is 0 Å². The second-order valence-electron chi connectivity index (χ2n) is 5.00. The van der Waals surface area contributed by atoms with Crippen LogP contribution in [0.15, 0.2) is 18.2 Å². The molecule has 1 amide bonds. The minimum atomic E-state index is -0.582. The molecule has 0 spiro atoms. The third kappa shape index (κ3) is 3.05. The standard InChI is InChI=1S/C13H17N3O4/c14-10-4-2-1-3-9(10)13(18)15-11-7-8(16(19)20)5-6-12(11)17/h5-7,9-10,17H,1-4,14H2,(H,15,18). The van der Waals surface area contributed by atoms with Crippen LogP contribution < -0.4 is 11.1 Å². The van der Waals surface area contributed by atoms with Gasteiger partial charge in [0.2, 0.25) is 5.91 Å². The number of phenolic OH excluding ortho intramolecular Hbond substituents is 1. The molecule has 2 atom stereocenters. The molecule has 1 saturated carbocycles. The third-order valence-electron chi connectivity index (χ3n) is 3.61. The summed E-state index contributed by atoms with van der Waals surface area (Å²) in [6, 6.07) is 3.30. The zero-order chi connectivity index (χ0) is 14.7. The first kappa shape index (κ1) is 14.3. The fourth-order valence-electron chi connectivity index (χ4n) is 2.45. The lowest BCUT2D eigenvalue weighted by atomic mass is 9.84. The molecule has 1 aliphatic carbocycles. The summed E-state index contributed by atoms with van der Waals surface area (Å²) in [7, 11) is 0. The van der Waals surface area contributed by atoms with Gasteiger partial charge < -0.3 is 16.2 Å². The third-order valence-corrected chi connectivity index (χ3v) is 3.61. The number of hydrogen-bond donors (Lipinski definition) is 3. The van der Waals surface area contributed by atoms with Crippen LogP contribution in [0.3, 0.4) is 0 Å². The van der Waals surface area contributed by atoms with Crippen molar-refractivity contribution in [2.75, 3.05) is 5.32 Å². The summed E-state index contributed by atoms with van der Waals surface area (Å²) >= 11 is 0. The maximum absolute atomic E-state index is 12.1. The number of aromatic hydroxyl groups is 1. The van der Waals surface area contributed by atoms with Gasteiger partial charge in [0.25, 0.3) is 5.69 Å². The molecule has 2 rings (SSSR count). The minimum absolute atomic E-state index is 0.0435. The Morgan fingerprint density at radius 1 is 1.40 bits per heavy atom. The van der Waals surface area contributed by atoms with E-state index in [1.807, 2.05) is 0 Å². The number of rotatable bonds is 3. The highest BCUT2D eigenvalue weighted by Crippen LogP contribution is 2.30. The molecule has 1 aromatic carbocycles. The summed E-state index contributed by atoms with van der Waals surface area (Å²) < 4.78 is 0. The maximum Gasteiger partial charge on any atom is 0.271 e. The topological polar surface area (TPSA) is 118 Å². The molecular formula is C13H17N3O4. The minimum Gasteiger partial charge on any atom is -0.506 e. The SMILES string of the molecule is NC1CCCCC1C(=O)Nc1cc([N+](=O)[O-])ccc1O. The number of benzene rings is 1. The number of amides is 1. The second-order valence-corrected chi connectivity index (χ2v) is 5.00. The average Bonchev–Trinajstić information content (AvgIpc) is 2.41. The normalized spacial score (nSPS) is 22.2. The molecule has 0 aliphatic heterocycles. The van der Waals surface area contributed by atoms with E-state index in [-0.39, 0.29) is 35.0 Å². The molecule has 0 bridgehead atoms. The van der Waals surface area contributed by atoms with Crippen molar-refractivity contribution in [1.82, 2.24) is 0 Å². The van der Waals surface area contributed by atoms with Crippen LogP contribution in [0.4, 0.5) is 11.4 Å². The van der Waals surface area contributed by atoms with Gasteiger partial charge in [-0.15, -0.1) is 0 Å². The molecule has 1 fully saturated rings. The molecule has 20 heavy (non-hydrogen) atoms. The molecular weight excluding hydrogens is 262 g/mol. The van der Waals surface area contributed by atoms with E-state index in [0.29, 0.717) is 6.42 Å². The predicted molar refractivity (Wildman–Crippen MR) is 73.3 cm³/mol. The van der Waals surface area contributed by atoms with Crippen molar-refractivity contribution in [2.45, 2.75) is 31.7 Å². The Morgan fingerprint density at radius 3 is 2.75 bits per heavy atom. The van der Waals surface area contributed by atoms with Gasteiger partial charge in [-0.25, -0.2) is 0 Å². The summed E-state index contributed by atoms with van der Waals surface area (Å²) in [4.78, 5) is 22.3. The molecule has 7 heteroatoms. The summed E-state index contributed by atoms with van der Waals surface area (Å²) in [5.74, 6) is -0.816. The first-order chi connectivity index (χ1) is 9.49. The van der Waals surface area contributed by atoms with Gasteiger partial charge in [-0.2, -0.15) is 0 Å². The Bertz CT molecular complexity index is 532. The van der Waals surface area contributed by atoms with Gasteiger partial charge in [-0.05, 0) is 18.9 Å². The number of nitrogens with one attached hydrogen (secondary N) is 1. The number of carbonyl (C=O) groups is 1. The molecule has 1 aliphatic rings. The van der Waals surface area contributed by atoms with Crippen molar-refractivity contribution in [3.05, 3.63) is 28.3 Å². The molecule has 0 radical (unpaired) electrons. The van der Waals surface area contributed by atoms with Crippen LogP contribution in [0, 0.1) is 16.0 Å². The number of carbonyl (C=O) groups excluding carboxylic acids is 1. The van der Waals surface area contributed by atoms with E-state index in [0.717, 1.165) is 25.3 Å². The van der Waals surface area contributed by atoms with E-state index in [1.165, 1.54) is 12.1 Å². The van der Waals surface area contributed by atoms with Gasteiger partial charge in [-0.3, -0.25) is 14.9 Å². The molecule has 0 aromatic heterocycles. The Labute approximate surface area is 115 Å². The van der Waals surface area contributed by atoms with Crippen LogP contribution in [0.2, 0.25) is 0 Å².